The lowest BCUT2D eigenvalue weighted by Gasteiger charge is -2.41. The minimum absolute atomic E-state index is 0.425. The van der Waals surface area contributed by atoms with Crippen molar-refractivity contribution in [3.63, 3.8) is 0 Å². The second-order valence-corrected chi connectivity index (χ2v) is 7.38. The molecule has 0 bridgehead atoms. The summed E-state index contributed by atoms with van der Waals surface area (Å²) in [5.41, 5.74) is 0.425. The number of hydrogen-bond acceptors (Lipinski definition) is 3. The van der Waals surface area contributed by atoms with Crippen LogP contribution in [0.1, 0.15) is 40.0 Å². The van der Waals surface area contributed by atoms with Gasteiger partial charge in [0.15, 0.2) is 0 Å². The molecule has 1 heterocycles. The van der Waals surface area contributed by atoms with Crippen LogP contribution in [0.2, 0.25) is 0 Å². The molecule has 1 rings (SSSR count). The highest BCUT2D eigenvalue weighted by Gasteiger charge is 2.32. The van der Waals surface area contributed by atoms with Gasteiger partial charge in [0.25, 0.3) is 0 Å². The lowest BCUT2D eigenvalue weighted by Crippen LogP contribution is -2.46. The van der Waals surface area contributed by atoms with Crippen LogP contribution in [0.15, 0.2) is 0 Å². The highest BCUT2D eigenvalue weighted by atomic mass is 32.2. The van der Waals surface area contributed by atoms with Gasteiger partial charge in [-0.15, -0.1) is 0 Å². The van der Waals surface area contributed by atoms with E-state index in [-0.39, 0.29) is 0 Å². The van der Waals surface area contributed by atoms with Crippen LogP contribution in [-0.2, 0) is 0 Å². The summed E-state index contributed by atoms with van der Waals surface area (Å²) in [7, 11) is 2.31. The van der Waals surface area contributed by atoms with E-state index in [4.69, 9.17) is 0 Å². The number of nitrogens with zero attached hydrogens (tertiary/aromatic N) is 1. The zero-order chi connectivity index (χ0) is 13.6. The quantitative estimate of drug-likeness (QED) is 0.767. The lowest BCUT2D eigenvalue weighted by molar-refractivity contribution is 0.0956. The van der Waals surface area contributed by atoms with Gasteiger partial charge in [0, 0.05) is 18.3 Å². The van der Waals surface area contributed by atoms with Gasteiger partial charge in [0.05, 0.1) is 0 Å². The Bertz CT molecular complexity index is 225. The second kappa shape index (κ2) is 7.76. The minimum Gasteiger partial charge on any atom is -0.316 e. The normalized spacial score (nSPS) is 23.3. The first kappa shape index (κ1) is 16.3. The van der Waals surface area contributed by atoms with Crippen LogP contribution in [0.3, 0.4) is 0 Å². The maximum atomic E-state index is 3.56. The van der Waals surface area contributed by atoms with Crippen LogP contribution in [0.25, 0.3) is 0 Å². The van der Waals surface area contributed by atoms with Crippen molar-refractivity contribution in [2.75, 3.05) is 38.7 Å². The molecule has 1 fully saturated rings. The molecule has 108 valence electrons. The molecule has 0 aliphatic carbocycles. The predicted octanol–water partition coefficient (Wildman–Crippen LogP) is 3.09. The number of thioether (sulfide) groups is 1. The fourth-order valence-electron chi connectivity index (χ4n) is 3.17. The summed E-state index contributed by atoms with van der Waals surface area (Å²) in [6.07, 6.45) is 6.22. The van der Waals surface area contributed by atoms with Crippen molar-refractivity contribution in [3.8, 4) is 0 Å². The van der Waals surface area contributed by atoms with Gasteiger partial charge < -0.3 is 10.2 Å². The molecule has 0 aromatic rings. The van der Waals surface area contributed by atoms with E-state index in [0.717, 1.165) is 12.0 Å². The lowest BCUT2D eigenvalue weighted by atomic mass is 9.74. The third-order valence-corrected chi connectivity index (χ3v) is 5.23. The highest BCUT2D eigenvalue weighted by Crippen LogP contribution is 2.33. The zero-order valence-corrected chi connectivity index (χ0v) is 13.8. The standard InChI is InChI=1S/C15H32N2S/c1-6-14(11-18-5)17(4)12-15(2,3)13-8-7-9-16-10-13/h13-14,16H,6-12H2,1-5H3. The van der Waals surface area contributed by atoms with E-state index in [2.05, 4.69) is 44.3 Å². The maximum Gasteiger partial charge on any atom is 0.0180 e. The Labute approximate surface area is 118 Å². The van der Waals surface area contributed by atoms with Crippen LogP contribution < -0.4 is 5.32 Å². The molecule has 0 radical (unpaired) electrons. The summed E-state index contributed by atoms with van der Waals surface area (Å²) in [5.74, 6) is 2.09. The molecule has 1 N–H and O–H groups in total. The summed E-state index contributed by atoms with van der Waals surface area (Å²) in [4.78, 5) is 2.59. The molecule has 0 saturated carbocycles. The van der Waals surface area contributed by atoms with Gasteiger partial charge in [-0.1, -0.05) is 20.8 Å². The van der Waals surface area contributed by atoms with Crippen molar-refractivity contribution < 1.29 is 0 Å². The van der Waals surface area contributed by atoms with E-state index in [1.165, 1.54) is 44.6 Å². The maximum absolute atomic E-state index is 3.56. The van der Waals surface area contributed by atoms with E-state index in [1.807, 2.05) is 11.8 Å². The Kier molecular flexibility index (Phi) is 7.04. The summed E-state index contributed by atoms with van der Waals surface area (Å²) in [5, 5.41) is 3.56. The average molecular weight is 273 g/mol. The summed E-state index contributed by atoms with van der Waals surface area (Å²) < 4.78 is 0. The van der Waals surface area contributed by atoms with E-state index in [9.17, 15) is 0 Å². The molecule has 1 saturated heterocycles. The van der Waals surface area contributed by atoms with Crippen molar-refractivity contribution in [1.29, 1.82) is 0 Å². The molecule has 3 heteroatoms. The van der Waals surface area contributed by atoms with Crippen molar-refractivity contribution in [1.82, 2.24) is 10.2 Å². The van der Waals surface area contributed by atoms with Gasteiger partial charge in [-0.05, 0) is 57.0 Å². The molecular weight excluding hydrogens is 240 g/mol. The number of hydrogen-bond donors (Lipinski definition) is 1. The first-order chi connectivity index (χ1) is 8.51. The number of nitrogens with one attached hydrogen (secondary N) is 1. The van der Waals surface area contributed by atoms with Gasteiger partial charge in [-0.2, -0.15) is 11.8 Å². The SMILES string of the molecule is CCC(CSC)N(C)CC(C)(C)C1CCCNC1. The molecular formula is C15H32N2S. The Morgan fingerprint density at radius 3 is 2.67 bits per heavy atom. The average Bonchev–Trinajstić information content (AvgIpc) is 2.36. The van der Waals surface area contributed by atoms with E-state index >= 15 is 0 Å². The largest absolute Gasteiger partial charge is 0.316 e. The molecule has 2 nitrogen and oxygen atoms in total. The predicted molar refractivity (Wildman–Crippen MR) is 84.5 cm³/mol. The fourth-order valence-corrected chi connectivity index (χ4v) is 4.04. The van der Waals surface area contributed by atoms with Crippen molar-refractivity contribution in [2.24, 2.45) is 11.3 Å². The van der Waals surface area contributed by atoms with E-state index in [0.29, 0.717) is 5.41 Å². The molecule has 1 aliphatic rings. The molecule has 18 heavy (non-hydrogen) atoms. The summed E-state index contributed by atoms with van der Waals surface area (Å²) in [6.45, 7) is 10.9. The molecule has 2 atom stereocenters. The van der Waals surface area contributed by atoms with Gasteiger partial charge in [0.2, 0.25) is 0 Å². The van der Waals surface area contributed by atoms with Gasteiger partial charge in [-0.3, -0.25) is 0 Å². The molecule has 2 unspecified atom stereocenters. The third kappa shape index (κ3) is 4.75. The smallest absolute Gasteiger partial charge is 0.0180 e. The Morgan fingerprint density at radius 2 is 2.17 bits per heavy atom. The summed E-state index contributed by atoms with van der Waals surface area (Å²) >= 11 is 1.97. The minimum atomic E-state index is 0.425. The monoisotopic (exact) mass is 272 g/mol. The van der Waals surface area contributed by atoms with Gasteiger partial charge in [-0.25, -0.2) is 0 Å². The van der Waals surface area contributed by atoms with Crippen LogP contribution in [0, 0.1) is 11.3 Å². The van der Waals surface area contributed by atoms with Crippen LogP contribution in [0.4, 0.5) is 0 Å². The molecule has 0 aromatic carbocycles. The Balaban J connectivity index is 2.51. The molecule has 0 spiro atoms. The van der Waals surface area contributed by atoms with Gasteiger partial charge >= 0.3 is 0 Å². The second-order valence-electron chi connectivity index (χ2n) is 6.46. The first-order valence-corrected chi connectivity index (χ1v) is 8.80. The summed E-state index contributed by atoms with van der Waals surface area (Å²) in [6, 6.07) is 0.732. The van der Waals surface area contributed by atoms with Crippen molar-refractivity contribution in [2.45, 2.75) is 46.1 Å². The molecule has 0 amide bonds. The van der Waals surface area contributed by atoms with Crippen molar-refractivity contribution in [3.05, 3.63) is 0 Å². The van der Waals surface area contributed by atoms with Crippen molar-refractivity contribution >= 4 is 11.8 Å². The van der Waals surface area contributed by atoms with Crippen LogP contribution in [0.5, 0.6) is 0 Å². The third-order valence-electron chi connectivity index (χ3n) is 4.51. The Morgan fingerprint density at radius 1 is 1.44 bits per heavy atom. The topological polar surface area (TPSA) is 15.3 Å². The Hall–Kier alpha value is 0.270. The zero-order valence-electron chi connectivity index (χ0n) is 13.0. The van der Waals surface area contributed by atoms with Gasteiger partial charge in [0.1, 0.15) is 0 Å². The first-order valence-electron chi connectivity index (χ1n) is 7.41. The van der Waals surface area contributed by atoms with E-state index in [1.54, 1.807) is 0 Å². The fraction of sp³-hybridized carbons (Fsp3) is 1.00. The molecule has 0 aromatic heterocycles. The van der Waals surface area contributed by atoms with Crippen LogP contribution >= 0.6 is 11.8 Å². The van der Waals surface area contributed by atoms with E-state index < -0.39 is 0 Å². The molecule has 1 aliphatic heterocycles. The van der Waals surface area contributed by atoms with Crippen LogP contribution in [-0.4, -0.2) is 49.6 Å². The highest BCUT2D eigenvalue weighted by molar-refractivity contribution is 7.98. The number of rotatable bonds is 7. The number of piperidine rings is 1.